The maximum Gasteiger partial charge on any atom is 0.254 e. The summed E-state index contributed by atoms with van der Waals surface area (Å²) in [4.78, 5) is 18.2. The Morgan fingerprint density at radius 2 is 2.11 bits per heavy atom. The SMILES string of the molecule is CNc1cc(C(=O)N(C)C(C)CC(C)C)ccn1. The molecule has 0 spiro atoms. The largest absolute Gasteiger partial charge is 0.373 e. The highest BCUT2D eigenvalue weighted by atomic mass is 16.2. The van der Waals surface area contributed by atoms with Crippen LogP contribution >= 0.6 is 0 Å². The topological polar surface area (TPSA) is 45.2 Å². The lowest BCUT2D eigenvalue weighted by atomic mass is 10.0. The van der Waals surface area contributed by atoms with Gasteiger partial charge in [0.1, 0.15) is 5.82 Å². The van der Waals surface area contributed by atoms with E-state index in [9.17, 15) is 4.79 Å². The molecule has 0 saturated heterocycles. The number of rotatable bonds is 5. The van der Waals surface area contributed by atoms with E-state index < -0.39 is 0 Å². The number of carbonyl (C=O) groups excluding carboxylic acids is 1. The average molecular weight is 249 g/mol. The first-order valence-corrected chi connectivity index (χ1v) is 6.36. The van der Waals surface area contributed by atoms with Gasteiger partial charge in [-0.3, -0.25) is 4.79 Å². The van der Waals surface area contributed by atoms with Gasteiger partial charge in [0, 0.05) is 31.9 Å². The van der Waals surface area contributed by atoms with Crippen LogP contribution < -0.4 is 5.32 Å². The molecule has 0 aromatic carbocycles. The van der Waals surface area contributed by atoms with Crippen molar-refractivity contribution in [3.63, 3.8) is 0 Å². The molecule has 0 aliphatic carbocycles. The van der Waals surface area contributed by atoms with Crippen molar-refractivity contribution in [3.05, 3.63) is 23.9 Å². The summed E-state index contributed by atoms with van der Waals surface area (Å²) in [6.07, 6.45) is 2.66. The minimum absolute atomic E-state index is 0.0436. The van der Waals surface area contributed by atoms with E-state index in [1.165, 1.54) is 0 Å². The van der Waals surface area contributed by atoms with Crippen molar-refractivity contribution in [2.24, 2.45) is 5.92 Å². The summed E-state index contributed by atoms with van der Waals surface area (Å²) in [7, 11) is 3.65. The van der Waals surface area contributed by atoms with E-state index in [4.69, 9.17) is 0 Å². The number of nitrogens with zero attached hydrogens (tertiary/aromatic N) is 2. The summed E-state index contributed by atoms with van der Waals surface area (Å²) in [6, 6.07) is 3.77. The van der Waals surface area contributed by atoms with E-state index in [0.29, 0.717) is 17.3 Å². The molecule has 0 aliphatic heterocycles. The van der Waals surface area contributed by atoms with Crippen LogP contribution in [-0.2, 0) is 0 Å². The molecule has 1 N–H and O–H groups in total. The fraction of sp³-hybridized carbons (Fsp3) is 0.571. The Labute approximate surface area is 109 Å². The van der Waals surface area contributed by atoms with Gasteiger partial charge >= 0.3 is 0 Å². The van der Waals surface area contributed by atoms with Crippen LogP contribution in [0.1, 0.15) is 37.6 Å². The Hall–Kier alpha value is -1.58. The van der Waals surface area contributed by atoms with Crippen LogP contribution in [0.5, 0.6) is 0 Å². The Kier molecular flexibility index (Phi) is 5.13. The molecule has 1 aromatic rings. The van der Waals surface area contributed by atoms with Crippen molar-refractivity contribution in [1.82, 2.24) is 9.88 Å². The van der Waals surface area contributed by atoms with Gasteiger partial charge in [-0.25, -0.2) is 4.98 Å². The number of amides is 1. The quantitative estimate of drug-likeness (QED) is 0.872. The third-order valence-corrected chi connectivity index (χ3v) is 3.06. The average Bonchev–Trinajstić information content (AvgIpc) is 2.36. The maximum atomic E-state index is 12.3. The van der Waals surface area contributed by atoms with Crippen LogP contribution in [0.2, 0.25) is 0 Å². The third kappa shape index (κ3) is 3.72. The second-order valence-corrected chi connectivity index (χ2v) is 5.07. The van der Waals surface area contributed by atoms with Crippen molar-refractivity contribution in [1.29, 1.82) is 0 Å². The molecular formula is C14H23N3O. The predicted octanol–water partition coefficient (Wildman–Crippen LogP) is 2.63. The Bertz CT molecular complexity index is 404. The van der Waals surface area contributed by atoms with E-state index in [1.54, 1.807) is 30.3 Å². The summed E-state index contributed by atoms with van der Waals surface area (Å²) in [5.74, 6) is 1.34. The molecule has 0 saturated carbocycles. The van der Waals surface area contributed by atoms with Gasteiger partial charge in [-0.15, -0.1) is 0 Å². The second kappa shape index (κ2) is 6.38. The molecule has 0 fully saturated rings. The van der Waals surface area contributed by atoms with Gasteiger partial charge in [0.25, 0.3) is 5.91 Å². The summed E-state index contributed by atoms with van der Waals surface area (Å²) in [5.41, 5.74) is 0.674. The molecule has 0 radical (unpaired) electrons. The van der Waals surface area contributed by atoms with Crippen molar-refractivity contribution in [3.8, 4) is 0 Å². The number of hydrogen-bond acceptors (Lipinski definition) is 3. The molecule has 1 aromatic heterocycles. The van der Waals surface area contributed by atoms with Crippen LogP contribution in [0.4, 0.5) is 5.82 Å². The molecule has 100 valence electrons. The zero-order valence-electron chi connectivity index (χ0n) is 11.9. The number of anilines is 1. The zero-order valence-corrected chi connectivity index (χ0v) is 11.9. The Morgan fingerprint density at radius 1 is 1.44 bits per heavy atom. The fourth-order valence-corrected chi connectivity index (χ4v) is 1.94. The van der Waals surface area contributed by atoms with Gasteiger partial charge in [-0.05, 0) is 31.4 Å². The highest BCUT2D eigenvalue weighted by Gasteiger charge is 2.18. The first-order valence-electron chi connectivity index (χ1n) is 6.36. The van der Waals surface area contributed by atoms with Crippen molar-refractivity contribution >= 4 is 11.7 Å². The molecule has 1 amide bonds. The van der Waals surface area contributed by atoms with E-state index in [0.717, 1.165) is 6.42 Å². The van der Waals surface area contributed by atoms with Crippen molar-refractivity contribution in [2.45, 2.75) is 33.2 Å². The summed E-state index contributed by atoms with van der Waals surface area (Å²) in [5, 5.41) is 2.94. The lowest BCUT2D eigenvalue weighted by Crippen LogP contribution is -2.35. The van der Waals surface area contributed by atoms with Crippen molar-refractivity contribution < 1.29 is 4.79 Å². The van der Waals surface area contributed by atoms with Crippen molar-refractivity contribution in [2.75, 3.05) is 19.4 Å². The molecular weight excluding hydrogens is 226 g/mol. The van der Waals surface area contributed by atoms with E-state index in [-0.39, 0.29) is 11.9 Å². The molecule has 4 nitrogen and oxygen atoms in total. The number of pyridine rings is 1. The number of hydrogen-bond donors (Lipinski definition) is 1. The number of carbonyl (C=O) groups is 1. The molecule has 0 aliphatic rings. The van der Waals surface area contributed by atoms with E-state index in [1.807, 2.05) is 7.05 Å². The van der Waals surface area contributed by atoms with E-state index in [2.05, 4.69) is 31.1 Å². The van der Waals surface area contributed by atoms with Crippen LogP contribution in [0.25, 0.3) is 0 Å². The predicted molar refractivity (Wildman–Crippen MR) is 74.8 cm³/mol. The van der Waals surface area contributed by atoms with Crippen LogP contribution in [-0.4, -0.2) is 35.9 Å². The molecule has 1 unspecified atom stereocenters. The maximum absolute atomic E-state index is 12.3. The first-order chi connectivity index (χ1) is 8.45. The minimum Gasteiger partial charge on any atom is -0.373 e. The standard InChI is InChI=1S/C14H23N3O/c1-10(2)8-11(3)17(5)14(18)12-6-7-16-13(9-12)15-4/h6-7,9-11H,8H2,1-5H3,(H,15,16). The number of nitrogens with one attached hydrogen (secondary N) is 1. The zero-order chi connectivity index (χ0) is 13.7. The summed E-state index contributed by atoms with van der Waals surface area (Å²) < 4.78 is 0. The molecule has 1 atom stereocenters. The highest BCUT2D eigenvalue weighted by Crippen LogP contribution is 2.14. The smallest absolute Gasteiger partial charge is 0.254 e. The first kappa shape index (κ1) is 14.5. The van der Waals surface area contributed by atoms with Gasteiger partial charge in [0.2, 0.25) is 0 Å². The summed E-state index contributed by atoms with van der Waals surface area (Å²) >= 11 is 0. The highest BCUT2D eigenvalue weighted by molar-refractivity contribution is 5.94. The van der Waals surface area contributed by atoms with Crippen LogP contribution in [0, 0.1) is 5.92 Å². The molecule has 1 heterocycles. The molecule has 18 heavy (non-hydrogen) atoms. The number of aromatic nitrogens is 1. The fourth-order valence-electron chi connectivity index (χ4n) is 1.94. The lowest BCUT2D eigenvalue weighted by molar-refractivity contribution is 0.0728. The third-order valence-electron chi connectivity index (χ3n) is 3.06. The Balaban J connectivity index is 2.79. The Morgan fingerprint density at radius 3 is 2.67 bits per heavy atom. The van der Waals surface area contributed by atoms with Gasteiger partial charge in [0.15, 0.2) is 0 Å². The van der Waals surface area contributed by atoms with Gasteiger partial charge < -0.3 is 10.2 Å². The summed E-state index contributed by atoms with van der Waals surface area (Å²) in [6.45, 7) is 6.42. The minimum atomic E-state index is 0.0436. The van der Waals surface area contributed by atoms with Crippen LogP contribution in [0.15, 0.2) is 18.3 Å². The molecule has 0 bridgehead atoms. The van der Waals surface area contributed by atoms with Gasteiger partial charge in [-0.1, -0.05) is 13.8 Å². The molecule has 4 heteroatoms. The monoisotopic (exact) mass is 249 g/mol. The van der Waals surface area contributed by atoms with E-state index >= 15 is 0 Å². The van der Waals surface area contributed by atoms with Gasteiger partial charge in [-0.2, -0.15) is 0 Å². The van der Waals surface area contributed by atoms with Gasteiger partial charge in [0.05, 0.1) is 0 Å². The second-order valence-electron chi connectivity index (χ2n) is 5.07. The normalized spacial score (nSPS) is 12.3. The lowest BCUT2D eigenvalue weighted by Gasteiger charge is -2.26. The van der Waals surface area contributed by atoms with Crippen LogP contribution in [0.3, 0.4) is 0 Å². The molecule has 1 rings (SSSR count).